The van der Waals surface area contributed by atoms with Crippen molar-refractivity contribution >= 4 is 10.1 Å². The molecule has 1 heterocycles. The van der Waals surface area contributed by atoms with Crippen molar-refractivity contribution in [3.8, 4) is 0 Å². The van der Waals surface area contributed by atoms with Crippen LogP contribution >= 0.6 is 0 Å². The van der Waals surface area contributed by atoms with Gasteiger partial charge in [-0.25, -0.2) is 0 Å². The van der Waals surface area contributed by atoms with E-state index in [1.54, 1.807) is 12.1 Å². The monoisotopic (exact) mass is 245 g/mol. The summed E-state index contributed by atoms with van der Waals surface area (Å²) in [6, 6.07) is 3.43. The Morgan fingerprint density at radius 2 is 2.12 bits per heavy atom. The van der Waals surface area contributed by atoms with Crippen LogP contribution in [0.25, 0.3) is 0 Å². The van der Waals surface area contributed by atoms with Crippen LogP contribution in [0.2, 0.25) is 0 Å². The lowest BCUT2D eigenvalue weighted by Gasteiger charge is -2.22. The molecule has 0 spiro atoms. The van der Waals surface area contributed by atoms with Crippen LogP contribution in [0.3, 0.4) is 0 Å². The molecule has 0 saturated carbocycles. The molecule has 1 N–H and O–H groups in total. The van der Waals surface area contributed by atoms with Crippen LogP contribution in [-0.2, 0) is 19.9 Å². The third-order valence-corrected chi connectivity index (χ3v) is 2.63. The van der Waals surface area contributed by atoms with E-state index < -0.39 is 15.7 Å². The molecule has 0 aromatic carbocycles. The SMILES string of the molecule is Cc1ccc([C@](C)(O)COS(C)(=O)=O)cn1. The minimum absolute atomic E-state index is 0.323. The number of aryl methyl sites for hydroxylation is 1. The maximum Gasteiger partial charge on any atom is 0.264 e. The van der Waals surface area contributed by atoms with E-state index in [1.807, 2.05) is 6.92 Å². The first-order valence-corrected chi connectivity index (χ1v) is 6.52. The largest absolute Gasteiger partial charge is 0.383 e. The van der Waals surface area contributed by atoms with Crippen molar-refractivity contribution in [2.75, 3.05) is 12.9 Å². The molecule has 0 fully saturated rings. The summed E-state index contributed by atoms with van der Waals surface area (Å²) in [5.74, 6) is 0. The molecule has 6 heteroatoms. The zero-order valence-electron chi connectivity index (χ0n) is 9.47. The summed E-state index contributed by atoms with van der Waals surface area (Å²) in [6.45, 7) is 2.98. The van der Waals surface area contributed by atoms with Gasteiger partial charge >= 0.3 is 0 Å². The van der Waals surface area contributed by atoms with Crippen LogP contribution in [0.15, 0.2) is 18.3 Å². The minimum atomic E-state index is -3.55. The van der Waals surface area contributed by atoms with E-state index in [-0.39, 0.29) is 6.61 Å². The van der Waals surface area contributed by atoms with E-state index in [2.05, 4.69) is 9.17 Å². The molecular weight excluding hydrogens is 230 g/mol. The molecule has 0 unspecified atom stereocenters. The zero-order valence-corrected chi connectivity index (χ0v) is 10.3. The molecule has 1 rings (SSSR count). The first-order valence-electron chi connectivity index (χ1n) is 4.71. The Morgan fingerprint density at radius 1 is 1.50 bits per heavy atom. The summed E-state index contributed by atoms with van der Waals surface area (Å²) in [7, 11) is -3.55. The normalized spacial score (nSPS) is 15.8. The van der Waals surface area contributed by atoms with Crippen LogP contribution in [0.4, 0.5) is 0 Å². The van der Waals surface area contributed by atoms with Gasteiger partial charge in [0, 0.05) is 17.5 Å². The van der Waals surface area contributed by atoms with Crippen molar-refractivity contribution in [2.24, 2.45) is 0 Å². The van der Waals surface area contributed by atoms with Crippen molar-refractivity contribution in [3.63, 3.8) is 0 Å². The highest BCUT2D eigenvalue weighted by Gasteiger charge is 2.25. The lowest BCUT2D eigenvalue weighted by molar-refractivity contribution is 0.00977. The molecule has 1 aromatic heterocycles. The summed E-state index contributed by atoms with van der Waals surface area (Å²) >= 11 is 0. The highest BCUT2D eigenvalue weighted by molar-refractivity contribution is 7.85. The number of pyridine rings is 1. The fourth-order valence-corrected chi connectivity index (χ4v) is 1.54. The second kappa shape index (κ2) is 4.48. The molecule has 1 aromatic rings. The number of hydrogen-bond donors (Lipinski definition) is 1. The standard InChI is InChI=1S/C10H15NO4S/c1-8-4-5-9(6-11-8)10(2,12)7-15-16(3,13)14/h4-6,12H,7H2,1-3H3/t10-/m1/s1. The van der Waals surface area contributed by atoms with Gasteiger partial charge < -0.3 is 5.11 Å². The summed E-state index contributed by atoms with van der Waals surface area (Å²) in [5, 5.41) is 10.0. The molecule has 0 aliphatic carbocycles. The Balaban J connectivity index is 2.81. The van der Waals surface area contributed by atoms with Gasteiger partial charge in [-0.3, -0.25) is 9.17 Å². The molecule has 0 bridgehead atoms. The van der Waals surface area contributed by atoms with Crippen LogP contribution in [-0.4, -0.2) is 31.4 Å². The first-order chi connectivity index (χ1) is 7.21. The summed E-state index contributed by atoms with van der Waals surface area (Å²) in [5.41, 5.74) is -0.0330. The van der Waals surface area contributed by atoms with Crippen molar-refractivity contribution in [2.45, 2.75) is 19.4 Å². The van der Waals surface area contributed by atoms with Gasteiger partial charge in [0.15, 0.2) is 0 Å². The molecule has 0 radical (unpaired) electrons. The number of rotatable bonds is 4. The third kappa shape index (κ3) is 3.88. The Bertz CT molecular complexity index is 450. The molecule has 0 amide bonds. The van der Waals surface area contributed by atoms with Gasteiger partial charge in [-0.15, -0.1) is 0 Å². The topological polar surface area (TPSA) is 76.5 Å². The Hall–Kier alpha value is -0.980. The second-order valence-corrected chi connectivity index (χ2v) is 5.57. The van der Waals surface area contributed by atoms with Crippen molar-refractivity contribution in [1.29, 1.82) is 0 Å². The number of aromatic nitrogens is 1. The summed E-state index contributed by atoms with van der Waals surface area (Å²) in [4.78, 5) is 4.02. The minimum Gasteiger partial charge on any atom is -0.383 e. The van der Waals surface area contributed by atoms with E-state index >= 15 is 0 Å². The quantitative estimate of drug-likeness (QED) is 0.785. The Labute approximate surface area is 95.2 Å². The molecule has 0 saturated heterocycles. The van der Waals surface area contributed by atoms with Crippen molar-refractivity contribution in [3.05, 3.63) is 29.6 Å². The Kier molecular flexibility index (Phi) is 3.67. The highest BCUT2D eigenvalue weighted by atomic mass is 32.2. The van der Waals surface area contributed by atoms with Crippen molar-refractivity contribution < 1.29 is 17.7 Å². The molecule has 1 atom stereocenters. The van der Waals surface area contributed by atoms with Crippen LogP contribution in [0, 0.1) is 6.92 Å². The van der Waals surface area contributed by atoms with Gasteiger partial charge in [-0.05, 0) is 19.9 Å². The lowest BCUT2D eigenvalue weighted by atomic mass is 9.99. The van der Waals surface area contributed by atoms with Gasteiger partial charge in [0.2, 0.25) is 0 Å². The predicted octanol–water partition coefficient (Wildman–Crippen LogP) is 0.574. The molecule has 90 valence electrons. The number of aliphatic hydroxyl groups is 1. The maximum absolute atomic E-state index is 10.8. The van der Waals surface area contributed by atoms with Gasteiger partial charge in [-0.1, -0.05) is 6.07 Å². The van der Waals surface area contributed by atoms with E-state index in [1.165, 1.54) is 13.1 Å². The lowest BCUT2D eigenvalue weighted by Crippen LogP contribution is -2.29. The average molecular weight is 245 g/mol. The van der Waals surface area contributed by atoms with E-state index in [9.17, 15) is 13.5 Å². The predicted molar refractivity (Wildman–Crippen MR) is 59.3 cm³/mol. The molecule has 16 heavy (non-hydrogen) atoms. The van der Waals surface area contributed by atoms with E-state index in [0.717, 1.165) is 11.9 Å². The van der Waals surface area contributed by atoms with Gasteiger partial charge in [-0.2, -0.15) is 8.42 Å². The number of nitrogens with zero attached hydrogens (tertiary/aromatic N) is 1. The van der Waals surface area contributed by atoms with Gasteiger partial charge in [0.1, 0.15) is 5.60 Å². The van der Waals surface area contributed by atoms with Gasteiger partial charge in [0.25, 0.3) is 10.1 Å². The van der Waals surface area contributed by atoms with Crippen molar-refractivity contribution in [1.82, 2.24) is 4.98 Å². The fraction of sp³-hybridized carbons (Fsp3) is 0.500. The molecule has 0 aliphatic heterocycles. The summed E-state index contributed by atoms with van der Waals surface area (Å²) < 4.78 is 26.2. The maximum atomic E-state index is 10.8. The van der Waals surface area contributed by atoms with E-state index in [0.29, 0.717) is 5.56 Å². The molecular formula is C10H15NO4S. The fourth-order valence-electron chi connectivity index (χ4n) is 1.09. The number of hydrogen-bond acceptors (Lipinski definition) is 5. The Morgan fingerprint density at radius 3 is 2.56 bits per heavy atom. The van der Waals surface area contributed by atoms with Crippen LogP contribution in [0.5, 0.6) is 0 Å². The van der Waals surface area contributed by atoms with Crippen LogP contribution in [0.1, 0.15) is 18.2 Å². The average Bonchev–Trinajstić information content (AvgIpc) is 2.15. The van der Waals surface area contributed by atoms with Crippen LogP contribution < -0.4 is 0 Å². The molecule has 0 aliphatic rings. The smallest absolute Gasteiger partial charge is 0.264 e. The first kappa shape index (κ1) is 13.1. The zero-order chi connectivity index (χ0) is 12.4. The van der Waals surface area contributed by atoms with Gasteiger partial charge in [0.05, 0.1) is 12.9 Å². The second-order valence-electron chi connectivity index (χ2n) is 3.93. The molecule has 5 nitrogen and oxygen atoms in total. The highest BCUT2D eigenvalue weighted by Crippen LogP contribution is 2.20. The summed E-state index contributed by atoms with van der Waals surface area (Å²) in [6.07, 6.45) is 2.44. The third-order valence-electron chi connectivity index (χ3n) is 2.09. The van der Waals surface area contributed by atoms with E-state index in [4.69, 9.17) is 0 Å².